The number of para-hydroxylation sites is 1. The van der Waals surface area contributed by atoms with Crippen molar-refractivity contribution in [1.29, 1.82) is 0 Å². The van der Waals surface area contributed by atoms with Crippen molar-refractivity contribution in [1.82, 2.24) is 4.31 Å². The highest BCUT2D eigenvalue weighted by Gasteiger charge is 2.38. The van der Waals surface area contributed by atoms with Crippen LogP contribution in [0, 0.1) is 5.92 Å². The molecule has 0 saturated heterocycles. The van der Waals surface area contributed by atoms with E-state index >= 15 is 0 Å². The molecule has 7 nitrogen and oxygen atoms in total. The molecule has 0 fully saturated rings. The first-order valence-corrected chi connectivity index (χ1v) is 14.4. The predicted octanol–water partition coefficient (Wildman–Crippen LogP) is 5.44. The third-order valence-electron chi connectivity index (χ3n) is 6.16. The maximum absolute atomic E-state index is 13.8. The van der Waals surface area contributed by atoms with E-state index in [1.54, 1.807) is 19.2 Å². The van der Waals surface area contributed by atoms with Crippen LogP contribution in [0.4, 0.5) is 11.4 Å². The van der Waals surface area contributed by atoms with Crippen molar-refractivity contribution in [3.63, 3.8) is 0 Å². The molecule has 0 radical (unpaired) electrons. The zero-order chi connectivity index (χ0) is 25.5. The quantitative estimate of drug-likeness (QED) is 0.438. The maximum Gasteiger partial charge on any atom is 0.294 e. The van der Waals surface area contributed by atoms with E-state index in [4.69, 9.17) is 11.6 Å². The molecule has 1 N–H and O–H groups in total. The van der Waals surface area contributed by atoms with Gasteiger partial charge >= 0.3 is 0 Å². The average molecular weight is 535 g/mol. The molecule has 1 atom stereocenters. The van der Waals surface area contributed by atoms with E-state index in [1.165, 1.54) is 28.6 Å². The Hall–Kier alpha value is -2.43. The molecule has 3 aromatic carbocycles. The molecule has 0 aromatic heterocycles. The molecule has 3 aromatic rings. The molecular weight excluding hydrogens is 508 g/mol. The third kappa shape index (κ3) is 5.10. The lowest BCUT2D eigenvalue weighted by Gasteiger charge is -2.30. The molecule has 1 heterocycles. The van der Waals surface area contributed by atoms with Crippen molar-refractivity contribution in [3.8, 4) is 11.1 Å². The summed E-state index contributed by atoms with van der Waals surface area (Å²) in [6.07, 6.45) is 0.671. The van der Waals surface area contributed by atoms with Gasteiger partial charge in [0.05, 0.1) is 15.6 Å². The van der Waals surface area contributed by atoms with Crippen LogP contribution in [0.3, 0.4) is 0 Å². The molecule has 35 heavy (non-hydrogen) atoms. The lowest BCUT2D eigenvalue weighted by Crippen LogP contribution is -2.41. The number of anilines is 2. The van der Waals surface area contributed by atoms with Crippen molar-refractivity contribution in [2.75, 3.05) is 18.5 Å². The van der Waals surface area contributed by atoms with Crippen LogP contribution < -0.4 is 4.90 Å². The zero-order valence-electron chi connectivity index (χ0n) is 19.6. The summed E-state index contributed by atoms with van der Waals surface area (Å²) >= 11 is 6.67. The smallest absolute Gasteiger partial charge is 0.294 e. The van der Waals surface area contributed by atoms with E-state index in [0.717, 1.165) is 5.69 Å². The van der Waals surface area contributed by atoms with Crippen molar-refractivity contribution < 1.29 is 21.4 Å². The topological polar surface area (TPSA) is 95.0 Å². The standard InChI is InChI=1S/C25H27ClN2O5S2/c1-17(2)12-20-16-28(19-9-5-4-6-10-19)24-15-23(26)22(14-25(24)34(29,30)27(20)3)18-8-7-11-21(13-18)35(31,32)33/h4-11,13-15,17,20H,12,16H2,1-3H3,(H,31,32,33)/t20-/m1/s1. The number of benzene rings is 3. The second kappa shape index (κ2) is 9.55. The van der Waals surface area contributed by atoms with Crippen LogP contribution in [-0.4, -0.2) is 45.3 Å². The van der Waals surface area contributed by atoms with Gasteiger partial charge in [0, 0.05) is 30.9 Å². The summed E-state index contributed by atoms with van der Waals surface area (Å²) in [7, 11) is -6.76. The highest BCUT2D eigenvalue weighted by molar-refractivity contribution is 7.89. The number of fused-ring (bicyclic) bond motifs is 1. The normalized spacial score (nSPS) is 18.3. The second-order valence-corrected chi connectivity index (χ2v) is 12.8. The number of likely N-dealkylation sites (N-methyl/N-ethyl adjacent to an activating group) is 1. The monoisotopic (exact) mass is 534 g/mol. The van der Waals surface area contributed by atoms with Crippen LogP contribution in [0.25, 0.3) is 11.1 Å². The summed E-state index contributed by atoms with van der Waals surface area (Å²) < 4.78 is 61.9. The maximum atomic E-state index is 13.8. The highest BCUT2D eigenvalue weighted by atomic mass is 35.5. The van der Waals surface area contributed by atoms with Crippen LogP contribution in [0.15, 0.2) is 76.5 Å². The first-order valence-electron chi connectivity index (χ1n) is 11.1. The average Bonchev–Trinajstić information content (AvgIpc) is 2.87. The molecule has 0 saturated carbocycles. The van der Waals surface area contributed by atoms with Gasteiger partial charge < -0.3 is 4.90 Å². The van der Waals surface area contributed by atoms with Crippen molar-refractivity contribution in [2.45, 2.75) is 36.1 Å². The number of hydrogen-bond acceptors (Lipinski definition) is 5. The van der Waals surface area contributed by atoms with Crippen LogP contribution in [-0.2, 0) is 20.1 Å². The van der Waals surface area contributed by atoms with Gasteiger partial charge in [0.25, 0.3) is 10.1 Å². The van der Waals surface area contributed by atoms with E-state index in [1.807, 2.05) is 35.2 Å². The lowest BCUT2D eigenvalue weighted by molar-refractivity contribution is 0.326. The SMILES string of the molecule is CC(C)C[C@@H]1CN(c2ccccc2)c2cc(Cl)c(-c3cccc(S(=O)(=O)O)c3)cc2S(=O)(=O)N1C. The van der Waals surface area contributed by atoms with E-state index in [9.17, 15) is 21.4 Å². The Morgan fingerprint density at radius 3 is 2.37 bits per heavy atom. The highest BCUT2D eigenvalue weighted by Crippen LogP contribution is 2.43. The number of nitrogens with zero attached hydrogens (tertiary/aromatic N) is 2. The van der Waals surface area contributed by atoms with E-state index in [0.29, 0.717) is 29.8 Å². The fraction of sp³-hybridized carbons (Fsp3) is 0.280. The minimum absolute atomic E-state index is 0.0757. The van der Waals surface area contributed by atoms with Crippen molar-refractivity contribution >= 4 is 43.1 Å². The van der Waals surface area contributed by atoms with E-state index in [-0.39, 0.29) is 26.8 Å². The van der Waals surface area contributed by atoms with Gasteiger partial charge in [-0.3, -0.25) is 4.55 Å². The Kier molecular flexibility index (Phi) is 7.00. The van der Waals surface area contributed by atoms with E-state index < -0.39 is 20.1 Å². The van der Waals surface area contributed by atoms with Crippen LogP contribution in [0.2, 0.25) is 5.02 Å². The number of sulfonamides is 1. The molecule has 0 amide bonds. The summed E-state index contributed by atoms with van der Waals surface area (Å²) in [5.41, 5.74) is 2.02. The number of hydrogen-bond donors (Lipinski definition) is 1. The molecule has 4 rings (SSSR count). The van der Waals surface area contributed by atoms with Crippen molar-refractivity contribution in [3.05, 3.63) is 71.8 Å². The molecule has 0 spiro atoms. The van der Waals surface area contributed by atoms with Crippen molar-refractivity contribution in [2.24, 2.45) is 5.92 Å². The minimum Gasteiger partial charge on any atom is -0.339 e. The van der Waals surface area contributed by atoms with Gasteiger partial charge in [0.2, 0.25) is 10.0 Å². The van der Waals surface area contributed by atoms with Gasteiger partial charge in [-0.25, -0.2) is 8.42 Å². The number of halogens is 1. The lowest BCUT2D eigenvalue weighted by atomic mass is 10.0. The fourth-order valence-corrected chi connectivity index (χ4v) is 6.75. The van der Waals surface area contributed by atoms with Gasteiger partial charge in [-0.05, 0) is 54.3 Å². The van der Waals surface area contributed by atoms with Crippen LogP contribution in [0.1, 0.15) is 20.3 Å². The van der Waals surface area contributed by atoms with Gasteiger partial charge in [-0.1, -0.05) is 55.8 Å². The molecule has 186 valence electrons. The molecule has 0 aliphatic carbocycles. The van der Waals surface area contributed by atoms with Gasteiger partial charge in [-0.2, -0.15) is 12.7 Å². The first kappa shape index (κ1) is 25.7. The summed E-state index contributed by atoms with van der Waals surface area (Å²) in [6, 6.07) is 18.0. The summed E-state index contributed by atoms with van der Waals surface area (Å²) in [6.45, 7) is 4.56. The first-order chi connectivity index (χ1) is 16.4. The van der Waals surface area contributed by atoms with Gasteiger partial charge in [0.15, 0.2) is 0 Å². The molecule has 1 aliphatic heterocycles. The number of rotatable bonds is 5. The molecule has 10 heteroatoms. The molecule has 1 aliphatic rings. The van der Waals surface area contributed by atoms with Crippen LogP contribution >= 0.6 is 11.6 Å². The zero-order valence-corrected chi connectivity index (χ0v) is 22.0. The Balaban J connectivity index is 1.97. The Labute approximate surface area is 211 Å². The van der Waals surface area contributed by atoms with Gasteiger partial charge in [-0.15, -0.1) is 0 Å². The Morgan fingerprint density at radius 2 is 1.74 bits per heavy atom. The molecule has 0 bridgehead atoms. The summed E-state index contributed by atoms with van der Waals surface area (Å²) in [4.78, 5) is 1.74. The minimum atomic E-state index is -4.44. The molecule has 0 unspecified atom stereocenters. The summed E-state index contributed by atoms with van der Waals surface area (Å²) in [5.74, 6) is 0.277. The Bertz CT molecular complexity index is 1460. The second-order valence-electron chi connectivity index (χ2n) is 9.05. The predicted molar refractivity (Wildman–Crippen MR) is 138 cm³/mol. The fourth-order valence-electron chi connectivity index (χ4n) is 4.40. The third-order valence-corrected chi connectivity index (χ3v) is 9.26. The van der Waals surface area contributed by atoms with Gasteiger partial charge in [0.1, 0.15) is 4.90 Å². The largest absolute Gasteiger partial charge is 0.339 e. The Morgan fingerprint density at radius 1 is 1.06 bits per heavy atom. The van der Waals surface area contributed by atoms with E-state index in [2.05, 4.69) is 13.8 Å². The van der Waals surface area contributed by atoms with Crippen LogP contribution in [0.5, 0.6) is 0 Å². The summed E-state index contributed by atoms with van der Waals surface area (Å²) in [5, 5.41) is 0.261. The molecular formula is C25H27ClN2O5S2.